The van der Waals surface area contributed by atoms with E-state index in [4.69, 9.17) is 5.11 Å². The maximum Gasteiger partial charge on any atom is 0.338 e. The first-order chi connectivity index (χ1) is 9.16. The van der Waals surface area contributed by atoms with Gasteiger partial charge in [0.15, 0.2) is 0 Å². The highest BCUT2D eigenvalue weighted by Crippen LogP contribution is 2.20. The highest BCUT2D eigenvalue weighted by Gasteiger charge is 2.13. The largest absolute Gasteiger partial charge is 0.478 e. The van der Waals surface area contributed by atoms with Crippen LogP contribution in [0.2, 0.25) is 0 Å². The Morgan fingerprint density at radius 3 is 2.58 bits per heavy atom. The van der Waals surface area contributed by atoms with Crippen molar-refractivity contribution in [2.45, 2.75) is 6.92 Å². The molecule has 2 heterocycles. The zero-order valence-electron chi connectivity index (χ0n) is 10.2. The summed E-state index contributed by atoms with van der Waals surface area (Å²) in [5, 5.41) is 14.0. The van der Waals surface area contributed by atoms with E-state index in [1.54, 1.807) is 17.1 Å². The second-order valence-electron chi connectivity index (χ2n) is 4.32. The molecule has 19 heavy (non-hydrogen) atoms. The number of pyridine rings is 1. The SMILES string of the molecule is Cc1ccc(-n2ncc3c(C(=O)O)cncc32)cc1. The molecule has 0 aliphatic rings. The molecule has 0 bridgehead atoms. The van der Waals surface area contributed by atoms with Gasteiger partial charge in [-0.2, -0.15) is 5.10 Å². The second kappa shape index (κ2) is 4.20. The first kappa shape index (κ1) is 11.4. The molecule has 0 saturated heterocycles. The van der Waals surface area contributed by atoms with Crippen molar-refractivity contribution in [3.05, 3.63) is 54.0 Å². The Hall–Kier alpha value is -2.69. The van der Waals surface area contributed by atoms with Gasteiger partial charge in [-0.05, 0) is 19.1 Å². The number of aryl methyl sites for hydroxylation is 1. The summed E-state index contributed by atoms with van der Waals surface area (Å²) in [7, 11) is 0. The predicted molar refractivity (Wildman–Crippen MR) is 70.6 cm³/mol. The minimum Gasteiger partial charge on any atom is -0.478 e. The van der Waals surface area contributed by atoms with Gasteiger partial charge >= 0.3 is 5.97 Å². The third-order valence-electron chi connectivity index (χ3n) is 3.01. The lowest BCUT2D eigenvalue weighted by Gasteiger charge is -2.04. The quantitative estimate of drug-likeness (QED) is 0.761. The predicted octanol–water partition coefficient (Wildman–Crippen LogP) is 2.43. The second-order valence-corrected chi connectivity index (χ2v) is 4.32. The van der Waals surface area contributed by atoms with Crippen LogP contribution in [0.25, 0.3) is 16.6 Å². The van der Waals surface area contributed by atoms with Crippen molar-refractivity contribution in [3.8, 4) is 5.69 Å². The number of hydrogen-bond acceptors (Lipinski definition) is 3. The van der Waals surface area contributed by atoms with Gasteiger partial charge in [-0.15, -0.1) is 0 Å². The zero-order chi connectivity index (χ0) is 13.4. The molecule has 5 heteroatoms. The fraction of sp³-hybridized carbons (Fsp3) is 0.0714. The molecule has 0 saturated carbocycles. The van der Waals surface area contributed by atoms with Crippen LogP contribution in [0.15, 0.2) is 42.9 Å². The summed E-state index contributed by atoms with van der Waals surface area (Å²) < 4.78 is 1.69. The fourth-order valence-electron chi connectivity index (χ4n) is 2.00. The fourth-order valence-corrected chi connectivity index (χ4v) is 2.00. The van der Waals surface area contributed by atoms with Gasteiger partial charge in [0.1, 0.15) is 0 Å². The van der Waals surface area contributed by atoms with Crippen LogP contribution in [0.1, 0.15) is 15.9 Å². The lowest BCUT2D eigenvalue weighted by molar-refractivity contribution is 0.0698. The standard InChI is InChI=1S/C14H11N3O2/c1-9-2-4-10(5-3-9)17-13-8-15-6-12(14(18)19)11(13)7-16-17/h2-8H,1H3,(H,18,19). The number of carbonyl (C=O) groups is 1. The van der Waals surface area contributed by atoms with E-state index in [1.807, 2.05) is 31.2 Å². The molecule has 3 aromatic rings. The third-order valence-corrected chi connectivity index (χ3v) is 3.01. The van der Waals surface area contributed by atoms with Gasteiger partial charge in [0.2, 0.25) is 0 Å². The van der Waals surface area contributed by atoms with Crippen LogP contribution in [0, 0.1) is 6.92 Å². The number of aromatic nitrogens is 3. The van der Waals surface area contributed by atoms with Crippen molar-refractivity contribution in [3.63, 3.8) is 0 Å². The molecule has 1 aromatic carbocycles. The van der Waals surface area contributed by atoms with E-state index in [2.05, 4.69) is 10.1 Å². The Bertz CT molecular complexity index is 760. The maximum atomic E-state index is 11.1. The average Bonchev–Trinajstić information content (AvgIpc) is 2.83. The first-order valence-corrected chi connectivity index (χ1v) is 5.79. The Morgan fingerprint density at radius 2 is 1.89 bits per heavy atom. The number of benzene rings is 1. The number of hydrogen-bond donors (Lipinski definition) is 1. The molecule has 0 aliphatic heterocycles. The van der Waals surface area contributed by atoms with Crippen molar-refractivity contribution in [2.75, 3.05) is 0 Å². The lowest BCUT2D eigenvalue weighted by atomic mass is 10.2. The molecule has 0 spiro atoms. The molecule has 94 valence electrons. The summed E-state index contributed by atoms with van der Waals surface area (Å²) in [6.45, 7) is 2.01. The molecule has 1 N–H and O–H groups in total. The number of rotatable bonds is 2. The Morgan fingerprint density at radius 1 is 1.16 bits per heavy atom. The molecule has 2 aromatic heterocycles. The average molecular weight is 253 g/mol. The van der Waals surface area contributed by atoms with Crippen LogP contribution in [0.5, 0.6) is 0 Å². The molecule has 0 aliphatic carbocycles. The number of nitrogens with zero attached hydrogens (tertiary/aromatic N) is 3. The number of fused-ring (bicyclic) bond motifs is 1. The van der Waals surface area contributed by atoms with Crippen LogP contribution in [0.3, 0.4) is 0 Å². The van der Waals surface area contributed by atoms with E-state index in [9.17, 15) is 4.79 Å². The molecule has 0 radical (unpaired) electrons. The zero-order valence-corrected chi connectivity index (χ0v) is 10.2. The van der Waals surface area contributed by atoms with Gasteiger partial charge in [-0.3, -0.25) is 4.98 Å². The Labute approximate surface area is 109 Å². The maximum absolute atomic E-state index is 11.1. The van der Waals surface area contributed by atoms with E-state index in [1.165, 1.54) is 6.20 Å². The smallest absolute Gasteiger partial charge is 0.338 e. The molecule has 0 fully saturated rings. The Balaban J connectivity index is 2.24. The topological polar surface area (TPSA) is 68.0 Å². The summed E-state index contributed by atoms with van der Waals surface area (Å²) in [6.07, 6.45) is 4.51. The van der Waals surface area contributed by atoms with Crippen molar-refractivity contribution in [2.24, 2.45) is 0 Å². The Kier molecular flexibility index (Phi) is 2.52. The highest BCUT2D eigenvalue weighted by atomic mass is 16.4. The molecule has 0 unspecified atom stereocenters. The minimum absolute atomic E-state index is 0.163. The lowest BCUT2D eigenvalue weighted by Crippen LogP contribution is -1.99. The van der Waals surface area contributed by atoms with E-state index >= 15 is 0 Å². The summed E-state index contributed by atoms with van der Waals surface area (Å²) in [6, 6.07) is 7.85. The normalized spacial score (nSPS) is 10.8. The van der Waals surface area contributed by atoms with Crippen molar-refractivity contribution >= 4 is 16.9 Å². The van der Waals surface area contributed by atoms with Crippen LogP contribution < -0.4 is 0 Å². The monoisotopic (exact) mass is 253 g/mol. The molecular formula is C14H11N3O2. The van der Waals surface area contributed by atoms with Crippen LogP contribution in [0.4, 0.5) is 0 Å². The summed E-state index contributed by atoms with van der Waals surface area (Å²) in [5.74, 6) is -0.999. The van der Waals surface area contributed by atoms with E-state index in [-0.39, 0.29) is 5.56 Å². The van der Waals surface area contributed by atoms with Crippen LogP contribution in [-0.2, 0) is 0 Å². The van der Waals surface area contributed by atoms with Crippen LogP contribution in [-0.4, -0.2) is 25.8 Å². The highest BCUT2D eigenvalue weighted by molar-refractivity contribution is 6.02. The molecule has 0 amide bonds. The summed E-state index contributed by atoms with van der Waals surface area (Å²) in [4.78, 5) is 15.1. The van der Waals surface area contributed by atoms with Crippen molar-refractivity contribution in [1.29, 1.82) is 0 Å². The molecule has 3 rings (SSSR count). The number of aromatic carboxylic acids is 1. The van der Waals surface area contributed by atoms with Crippen molar-refractivity contribution in [1.82, 2.24) is 14.8 Å². The van der Waals surface area contributed by atoms with E-state index in [0.717, 1.165) is 11.3 Å². The molecular weight excluding hydrogens is 242 g/mol. The number of carboxylic acids is 1. The number of carboxylic acid groups (broad SMARTS) is 1. The van der Waals surface area contributed by atoms with Gasteiger partial charge in [0, 0.05) is 11.6 Å². The van der Waals surface area contributed by atoms with Gasteiger partial charge in [-0.25, -0.2) is 9.48 Å². The minimum atomic E-state index is -0.999. The molecule has 5 nitrogen and oxygen atoms in total. The van der Waals surface area contributed by atoms with Gasteiger partial charge in [0.25, 0.3) is 0 Å². The first-order valence-electron chi connectivity index (χ1n) is 5.79. The van der Waals surface area contributed by atoms with Gasteiger partial charge in [-0.1, -0.05) is 17.7 Å². The third kappa shape index (κ3) is 1.85. The molecule has 0 atom stereocenters. The van der Waals surface area contributed by atoms with Crippen LogP contribution >= 0.6 is 0 Å². The van der Waals surface area contributed by atoms with E-state index < -0.39 is 5.97 Å². The summed E-state index contributed by atoms with van der Waals surface area (Å²) >= 11 is 0. The van der Waals surface area contributed by atoms with Crippen molar-refractivity contribution < 1.29 is 9.90 Å². The van der Waals surface area contributed by atoms with Gasteiger partial charge in [0.05, 0.1) is 29.2 Å². The summed E-state index contributed by atoms with van der Waals surface area (Å²) in [5.41, 5.74) is 2.88. The van der Waals surface area contributed by atoms with E-state index in [0.29, 0.717) is 10.9 Å². The van der Waals surface area contributed by atoms with Gasteiger partial charge < -0.3 is 5.11 Å².